The van der Waals surface area contributed by atoms with E-state index in [9.17, 15) is 14.2 Å². The lowest BCUT2D eigenvalue weighted by atomic mass is 9.99. The third-order valence-corrected chi connectivity index (χ3v) is 8.76. The van der Waals surface area contributed by atoms with Crippen molar-refractivity contribution in [1.82, 2.24) is 4.57 Å². The number of carbonyl (C=O) groups is 2. The number of unbranched alkanes of at least 4 members (excludes halogenated alkanes) is 4. The summed E-state index contributed by atoms with van der Waals surface area (Å²) in [7, 11) is -3.72. The van der Waals surface area contributed by atoms with Crippen LogP contribution in [-0.2, 0) is 20.2 Å². The second kappa shape index (κ2) is 14.1. The summed E-state index contributed by atoms with van der Waals surface area (Å²) in [6.07, 6.45) is 6.09. The summed E-state index contributed by atoms with van der Waals surface area (Å²) >= 11 is 0. The maximum absolute atomic E-state index is 13.5. The SMILES string of the molecule is CCCCCCCC(=O)c1ccc2c(c1)c1cc(C(=O)c3ccc(OP(=O)(OCC)OCC)cc3)ccc1n2CC. The first-order chi connectivity index (χ1) is 19.8. The molecule has 218 valence electrons. The summed E-state index contributed by atoms with van der Waals surface area (Å²) in [5, 5.41) is 1.92. The van der Waals surface area contributed by atoms with Gasteiger partial charge in [0.15, 0.2) is 11.6 Å². The van der Waals surface area contributed by atoms with Crippen LogP contribution in [0.15, 0.2) is 60.7 Å². The molecule has 0 spiro atoms. The van der Waals surface area contributed by atoms with E-state index in [-0.39, 0.29) is 30.5 Å². The number of aromatic nitrogens is 1. The molecular weight excluding hydrogens is 537 g/mol. The van der Waals surface area contributed by atoms with Crippen LogP contribution < -0.4 is 4.52 Å². The summed E-state index contributed by atoms with van der Waals surface area (Å²) < 4.78 is 30.7. The number of phosphoric acid groups is 1. The molecule has 0 aliphatic carbocycles. The van der Waals surface area contributed by atoms with Crippen molar-refractivity contribution < 1.29 is 27.7 Å². The molecule has 0 fully saturated rings. The van der Waals surface area contributed by atoms with E-state index < -0.39 is 7.82 Å². The molecule has 41 heavy (non-hydrogen) atoms. The van der Waals surface area contributed by atoms with Gasteiger partial charge in [-0.3, -0.25) is 18.6 Å². The monoisotopic (exact) mass is 577 g/mol. The Morgan fingerprint density at radius 3 is 1.85 bits per heavy atom. The van der Waals surface area contributed by atoms with Crippen LogP contribution in [0.1, 0.15) is 92.5 Å². The van der Waals surface area contributed by atoms with Crippen molar-refractivity contribution in [2.24, 2.45) is 0 Å². The fraction of sp³-hybridized carbons (Fsp3) is 0.394. The number of nitrogens with zero attached hydrogens (tertiary/aromatic N) is 1. The van der Waals surface area contributed by atoms with E-state index in [0.29, 0.717) is 23.1 Å². The molecule has 0 atom stereocenters. The van der Waals surface area contributed by atoms with E-state index in [4.69, 9.17) is 13.6 Å². The van der Waals surface area contributed by atoms with E-state index in [0.717, 1.165) is 41.2 Å². The zero-order valence-electron chi connectivity index (χ0n) is 24.5. The van der Waals surface area contributed by atoms with Crippen LogP contribution in [0.2, 0.25) is 0 Å². The van der Waals surface area contributed by atoms with Gasteiger partial charge in [-0.05, 0) is 87.9 Å². The highest BCUT2D eigenvalue weighted by Gasteiger charge is 2.27. The number of carbonyl (C=O) groups excluding carboxylic acids is 2. The predicted octanol–water partition coefficient (Wildman–Crippen LogP) is 9.15. The van der Waals surface area contributed by atoms with Gasteiger partial charge in [-0.15, -0.1) is 0 Å². The first-order valence-corrected chi connectivity index (χ1v) is 16.1. The van der Waals surface area contributed by atoms with Gasteiger partial charge in [-0.1, -0.05) is 32.6 Å². The predicted molar refractivity (Wildman–Crippen MR) is 164 cm³/mol. The van der Waals surface area contributed by atoms with Gasteiger partial charge in [0.1, 0.15) is 5.75 Å². The number of hydrogen-bond acceptors (Lipinski definition) is 6. The second-order valence-corrected chi connectivity index (χ2v) is 11.6. The molecule has 7 nitrogen and oxygen atoms in total. The van der Waals surface area contributed by atoms with Gasteiger partial charge in [0.25, 0.3) is 0 Å². The Balaban J connectivity index is 1.60. The summed E-state index contributed by atoms with van der Waals surface area (Å²) in [5.74, 6) is 0.303. The molecule has 0 N–H and O–H groups in total. The van der Waals surface area contributed by atoms with E-state index >= 15 is 0 Å². The Morgan fingerprint density at radius 1 is 0.707 bits per heavy atom. The third kappa shape index (κ3) is 7.16. The topological polar surface area (TPSA) is 83.8 Å². The van der Waals surface area contributed by atoms with Crippen LogP contribution in [0, 0.1) is 0 Å². The first kappa shape index (κ1) is 30.7. The lowest BCUT2D eigenvalue weighted by molar-refractivity contribution is 0.0978. The van der Waals surface area contributed by atoms with Gasteiger partial charge in [-0.2, -0.15) is 0 Å². The molecule has 4 aromatic rings. The van der Waals surface area contributed by atoms with Crippen molar-refractivity contribution >= 4 is 41.2 Å². The molecule has 0 aliphatic heterocycles. The Morgan fingerprint density at radius 2 is 1.27 bits per heavy atom. The zero-order chi connectivity index (χ0) is 29.4. The Bertz CT molecular complexity index is 1550. The number of rotatable bonds is 16. The van der Waals surface area contributed by atoms with Crippen molar-refractivity contribution in [3.63, 3.8) is 0 Å². The van der Waals surface area contributed by atoms with Crippen molar-refractivity contribution in [2.45, 2.75) is 72.8 Å². The van der Waals surface area contributed by atoms with Gasteiger partial charge in [0.2, 0.25) is 0 Å². The highest BCUT2D eigenvalue weighted by molar-refractivity contribution is 7.48. The minimum absolute atomic E-state index is 0.145. The quantitative estimate of drug-likeness (QED) is 0.0750. The van der Waals surface area contributed by atoms with Gasteiger partial charge in [0, 0.05) is 51.5 Å². The maximum atomic E-state index is 13.5. The minimum Gasteiger partial charge on any atom is -0.404 e. The molecule has 8 heteroatoms. The van der Waals surface area contributed by atoms with E-state index in [1.807, 2.05) is 36.4 Å². The highest BCUT2D eigenvalue weighted by atomic mass is 31.2. The second-order valence-electron chi connectivity index (χ2n) is 10.0. The number of ketones is 2. The third-order valence-electron chi connectivity index (χ3n) is 7.18. The molecule has 1 aromatic heterocycles. The smallest absolute Gasteiger partial charge is 0.404 e. The molecule has 0 bridgehead atoms. The largest absolute Gasteiger partial charge is 0.530 e. The zero-order valence-corrected chi connectivity index (χ0v) is 25.4. The number of hydrogen-bond donors (Lipinski definition) is 0. The molecule has 0 saturated carbocycles. The van der Waals surface area contributed by atoms with Crippen molar-refractivity contribution in [2.75, 3.05) is 13.2 Å². The van der Waals surface area contributed by atoms with Gasteiger partial charge >= 0.3 is 7.82 Å². The minimum atomic E-state index is -3.72. The number of aryl methyl sites for hydroxylation is 1. The lowest BCUT2D eigenvalue weighted by Gasteiger charge is -2.17. The molecular formula is C33H40NO6P. The average molecular weight is 578 g/mol. The summed E-state index contributed by atoms with van der Waals surface area (Å²) in [4.78, 5) is 26.4. The highest BCUT2D eigenvalue weighted by Crippen LogP contribution is 2.49. The first-order valence-electron chi connectivity index (χ1n) is 14.7. The van der Waals surface area contributed by atoms with Crippen LogP contribution in [-0.4, -0.2) is 29.3 Å². The van der Waals surface area contributed by atoms with Crippen molar-refractivity contribution in [3.05, 3.63) is 77.4 Å². The Labute approximate surface area is 242 Å². The standard InChI is InChI=1S/C33H40NO6P/c1-5-9-10-11-12-13-32(35)25-16-20-30-28(22-25)29-23-26(17-21-31(29)34(30)6-2)33(36)24-14-18-27(19-15-24)40-41(37,38-7-3)39-8-4/h14-23H,5-13H2,1-4H3. The van der Waals surface area contributed by atoms with Crippen LogP contribution in [0.25, 0.3) is 21.8 Å². The molecule has 0 radical (unpaired) electrons. The fourth-order valence-electron chi connectivity index (χ4n) is 5.16. The summed E-state index contributed by atoms with van der Waals surface area (Å²) in [5.41, 5.74) is 3.79. The van der Waals surface area contributed by atoms with E-state index in [2.05, 4.69) is 18.4 Å². The Kier molecular flexibility index (Phi) is 10.5. The molecule has 0 amide bonds. The molecule has 3 aromatic carbocycles. The summed E-state index contributed by atoms with van der Waals surface area (Å²) in [6.45, 7) is 8.82. The van der Waals surface area contributed by atoms with E-state index in [1.165, 1.54) is 19.3 Å². The van der Waals surface area contributed by atoms with Crippen LogP contribution in [0.5, 0.6) is 5.75 Å². The van der Waals surface area contributed by atoms with Gasteiger partial charge in [-0.25, -0.2) is 4.57 Å². The maximum Gasteiger partial charge on any atom is 0.530 e. The van der Waals surface area contributed by atoms with Crippen LogP contribution >= 0.6 is 7.82 Å². The van der Waals surface area contributed by atoms with Crippen LogP contribution in [0.3, 0.4) is 0 Å². The number of benzene rings is 3. The number of fused-ring (bicyclic) bond motifs is 3. The van der Waals surface area contributed by atoms with Gasteiger partial charge < -0.3 is 9.09 Å². The summed E-state index contributed by atoms with van der Waals surface area (Å²) in [6, 6.07) is 18.1. The van der Waals surface area contributed by atoms with Gasteiger partial charge in [0.05, 0.1) is 13.2 Å². The fourth-order valence-corrected chi connectivity index (χ4v) is 6.35. The molecule has 4 rings (SSSR count). The lowest BCUT2D eigenvalue weighted by Crippen LogP contribution is -2.04. The van der Waals surface area contributed by atoms with E-state index in [1.54, 1.807) is 38.1 Å². The van der Waals surface area contributed by atoms with Crippen molar-refractivity contribution in [1.29, 1.82) is 0 Å². The van der Waals surface area contributed by atoms with Crippen molar-refractivity contribution in [3.8, 4) is 5.75 Å². The molecule has 0 saturated heterocycles. The van der Waals surface area contributed by atoms with Crippen LogP contribution in [0.4, 0.5) is 0 Å². The Hall–Kier alpha value is -3.25. The average Bonchev–Trinajstić information content (AvgIpc) is 3.29. The molecule has 0 unspecified atom stereocenters. The normalized spacial score (nSPS) is 11.8. The number of phosphoric ester groups is 1. The molecule has 0 aliphatic rings. The number of Topliss-reactive ketones (excluding diaryl/α,β-unsaturated/α-hetero) is 1. The molecule has 1 heterocycles.